The number of hydrogen-bond donors (Lipinski definition) is 1. The van der Waals surface area contributed by atoms with Crippen molar-refractivity contribution in [3.8, 4) is 11.3 Å². The van der Waals surface area contributed by atoms with Gasteiger partial charge < -0.3 is 15.0 Å². The van der Waals surface area contributed by atoms with Crippen LogP contribution < -0.4 is 5.32 Å². The number of likely N-dealkylation sites (tertiary alicyclic amines) is 1. The van der Waals surface area contributed by atoms with Crippen molar-refractivity contribution in [3.63, 3.8) is 0 Å². The summed E-state index contributed by atoms with van der Waals surface area (Å²) in [5, 5.41) is 3.86. The van der Waals surface area contributed by atoms with Crippen molar-refractivity contribution in [3.05, 3.63) is 65.0 Å². The molecule has 2 saturated heterocycles. The Kier molecular flexibility index (Phi) is 7.37. The highest BCUT2D eigenvalue weighted by Crippen LogP contribution is 2.28. The van der Waals surface area contributed by atoms with E-state index < -0.39 is 0 Å². The van der Waals surface area contributed by atoms with Crippen LogP contribution in [0, 0.1) is 12.7 Å². The van der Waals surface area contributed by atoms with Crippen LogP contribution in [0.4, 0.5) is 4.39 Å². The number of rotatable bonds is 7. The summed E-state index contributed by atoms with van der Waals surface area (Å²) in [6.45, 7) is 9.44. The molecular weight excluding hydrogens is 443 g/mol. The molecule has 0 bridgehead atoms. The molecule has 0 aliphatic carbocycles. The highest BCUT2D eigenvalue weighted by atomic mass is 19.1. The van der Waals surface area contributed by atoms with Gasteiger partial charge in [-0.05, 0) is 68.8 Å². The van der Waals surface area contributed by atoms with Crippen LogP contribution >= 0.6 is 0 Å². The van der Waals surface area contributed by atoms with E-state index in [9.17, 15) is 4.79 Å². The SMILES string of the molecule is Cc1ccc2nc(-c3ccc(CN4CCOCC4)cc3F)cc(C(=O)NCCN3CCCC3)c2c1. The first-order chi connectivity index (χ1) is 17.1. The molecule has 2 aliphatic rings. The number of hydrogen-bond acceptors (Lipinski definition) is 5. The summed E-state index contributed by atoms with van der Waals surface area (Å²) in [6.07, 6.45) is 2.45. The Bertz CT molecular complexity index is 1200. The van der Waals surface area contributed by atoms with Crippen molar-refractivity contribution in [2.45, 2.75) is 26.3 Å². The first-order valence-electron chi connectivity index (χ1n) is 12.6. The first kappa shape index (κ1) is 23.9. The molecule has 7 heteroatoms. The summed E-state index contributed by atoms with van der Waals surface area (Å²) < 4.78 is 20.7. The molecule has 6 nitrogen and oxygen atoms in total. The average Bonchev–Trinajstić information content (AvgIpc) is 3.38. The molecule has 2 fully saturated rings. The molecule has 0 saturated carbocycles. The highest BCUT2D eigenvalue weighted by molar-refractivity contribution is 6.07. The van der Waals surface area contributed by atoms with Crippen LogP contribution in [0.15, 0.2) is 42.5 Å². The predicted molar refractivity (Wildman–Crippen MR) is 136 cm³/mol. The van der Waals surface area contributed by atoms with Crippen LogP contribution in [0.25, 0.3) is 22.2 Å². The largest absolute Gasteiger partial charge is 0.379 e. The fraction of sp³-hybridized carbons (Fsp3) is 0.429. The zero-order valence-electron chi connectivity index (χ0n) is 20.4. The number of morpholine rings is 1. The number of nitrogens with one attached hydrogen (secondary N) is 1. The monoisotopic (exact) mass is 476 g/mol. The predicted octanol–water partition coefficient (Wildman–Crippen LogP) is 4.01. The molecule has 1 amide bonds. The zero-order chi connectivity index (χ0) is 24.2. The molecule has 2 aliphatic heterocycles. The third-order valence-electron chi connectivity index (χ3n) is 6.94. The number of fused-ring (bicyclic) bond motifs is 1. The van der Waals surface area contributed by atoms with E-state index >= 15 is 4.39 Å². The Hall–Kier alpha value is -2.87. The van der Waals surface area contributed by atoms with Gasteiger partial charge in [-0.3, -0.25) is 9.69 Å². The van der Waals surface area contributed by atoms with E-state index in [0.717, 1.165) is 49.2 Å². The molecule has 2 aromatic carbocycles. The molecule has 3 aromatic rings. The maximum Gasteiger partial charge on any atom is 0.252 e. The first-order valence-corrected chi connectivity index (χ1v) is 12.6. The van der Waals surface area contributed by atoms with E-state index in [-0.39, 0.29) is 11.7 Å². The lowest BCUT2D eigenvalue weighted by Gasteiger charge is -2.26. The average molecular weight is 477 g/mol. The standard InChI is InChI=1S/C28H33FN4O2/c1-20-4-7-26-23(16-20)24(28(34)30-8-11-32-9-2-3-10-32)18-27(31-26)22-6-5-21(17-25(22)29)19-33-12-14-35-15-13-33/h4-7,16-18H,2-3,8-15,19H2,1H3,(H,30,34). The molecule has 1 aromatic heterocycles. The summed E-state index contributed by atoms with van der Waals surface area (Å²) in [7, 11) is 0. The van der Waals surface area contributed by atoms with Gasteiger partial charge in [0.25, 0.3) is 5.91 Å². The quantitative estimate of drug-likeness (QED) is 0.559. The van der Waals surface area contributed by atoms with Crippen molar-refractivity contribution in [2.24, 2.45) is 0 Å². The van der Waals surface area contributed by atoms with Crippen molar-refractivity contribution in [1.29, 1.82) is 0 Å². The van der Waals surface area contributed by atoms with Gasteiger partial charge in [-0.1, -0.05) is 17.7 Å². The number of aromatic nitrogens is 1. The van der Waals surface area contributed by atoms with Crippen LogP contribution in [0.2, 0.25) is 0 Å². The molecule has 0 unspecified atom stereocenters. The zero-order valence-corrected chi connectivity index (χ0v) is 20.4. The third-order valence-corrected chi connectivity index (χ3v) is 6.94. The second-order valence-electron chi connectivity index (χ2n) is 9.58. The number of amides is 1. The molecular formula is C28H33FN4O2. The molecule has 35 heavy (non-hydrogen) atoms. The molecule has 0 atom stereocenters. The number of benzene rings is 2. The maximum atomic E-state index is 15.3. The fourth-order valence-corrected chi connectivity index (χ4v) is 4.98. The Labute approximate surface area is 206 Å². The molecule has 0 radical (unpaired) electrons. The normalized spacial score (nSPS) is 17.2. The fourth-order valence-electron chi connectivity index (χ4n) is 4.98. The van der Waals surface area contributed by atoms with Gasteiger partial charge >= 0.3 is 0 Å². The van der Waals surface area contributed by atoms with Gasteiger partial charge in [0.15, 0.2) is 0 Å². The van der Waals surface area contributed by atoms with Crippen LogP contribution in [-0.2, 0) is 11.3 Å². The van der Waals surface area contributed by atoms with Gasteiger partial charge in [-0.2, -0.15) is 0 Å². The molecule has 1 N–H and O–H groups in total. The lowest BCUT2D eigenvalue weighted by molar-refractivity contribution is 0.0341. The second-order valence-corrected chi connectivity index (χ2v) is 9.58. The van der Waals surface area contributed by atoms with Crippen molar-refractivity contribution < 1.29 is 13.9 Å². The van der Waals surface area contributed by atoms with E-state index in [4.69, 9.17) is 9.72 Å². The lowest BCUT2D eigenvalue weighted by atomic mass is 10.0. The summed E-state index contributed by atoms with van der Waals surface area (Å²) in [6, 6.07) is 12.9. The van der Waals surface area contributed by atoms with E-state index in [1.54, 1.807) is 18.2 Å². The summed E-state index contributed by atoms with van der Waals surface area (Å²) in [5.41, 5.74) is 4.08. The van der Waals surface area contributed by atoms with Crippen LogP contribution in [0.1, 0.15) is 34.3 Å². The van der Waals surface area contributed by atoms with Crippen LogP contribution in [-0.4, -0.2) is 73.2 Å². The van der Waals surface area contributed by atoms with E-state index in [1.807, 2.05) is 31.2 Å². The molecule has 5 rings (SSSR count). The van der Waals surface area contributed by atoms with Gasteiger partial charge in [-0.25, -0.2) is 9.37 Å². The van der Waals surface area contributed by atoms with Crippen LogP contribution in [0.3, 0.4) is 0 Å². The van der Waals surface area contributed by atoms with Crippen molar-refractivity contribution >= 4 is 16.8 Å². The second kappa shape index (κ2) is 10.8. The smallest absolute Gasteiger partial charge is 0.252 e. The molecule has 184 valence electrons. The Balaban J connectivity index is 1.40. The van der Waals surface area contributed by atoms with E-state index in [2.05, 4.69) is 15.1 Å². The minimum absolute atomic E-state index is 0.146. The molecule has 0 spiro atoms. The summed E-state index contributed by atoms with van der Waals surface area (Å²) in [4.78, 5) is 22.6. The van der Waals surface area contributed by atoms with Gasteiger partial charge in [0, 0.05) is 43.7 Å². The van der Waals surface area contributed by atoms with Crippen LogP contribution in [0.5, 0.6) is 0 Å². The Morgan fingerprint density at radius 2 is 1.83 bits per heavy atom. The number of aryl methyl sites for hydroxylation is 1. The van der Waals surface area contributed by atoms with E-state index in [1.165, 1.54) is 12.8 Å². The maximum absolute atomic E-state index is 15.3. The van der Waals surface area contributed by atoms with Gasteiger partial charge in [0.1, 0.15) is 5.82 Å². The number of halogens is 1. The number of nitrogens with zero attached hydrogens (tertiary/aromatic N) is 3. The number of pyridine rings is 1. The molecule has 3 heterocycles. The third kappa shape index (κ3) is 5.69. The van der Waals surface area contributed by atoms with Crippen molar-refractivity contribution in [2.75, 3.05) is 52.5 Å². The van der Waals surface area contributed by atoms with Gasteiger partial charge in [0.2, 0.25) is 0 Å². The Morgan fingerprint density at radius 1 is 1.03 bits per heavy atom. The summed E-state index contributed by atoms with van der Waals surface area (Å²) in [5.74, 6) is -0.470. The van der Waals surface area contributed by atoms with Gasteiger partial charge in [0.05, 0.1) is 30.0 Å². The van der Waals surface area contributed by atoms with Gasteiger partial charge in [-0.15, -0.1) is 0 Å². The number of carbonyl (C=O) groups is 1. The van der Waals surface area contributed by atoms with Crippen molar-refractivity contribution in [1.82, 2.24) is 20.1 Å². The van der Waals surface area contributed by atoms with E-state index in [0.29, 0.717) is 48.6 Å². The topological polar surface area (TPSA) is 57.7 Å². The Morgan fingerprint density at radius 3 is 2.60 bits per heavy atom. The minimum atomic E-state index is -0.324. The number of ether oxygens (including phenoxy) is 1. The highest BCUT2D eigenvalue weighted by Gasteiger charge is 2.18. The lowest BCUT2D eigenvalue weighted by Crippen LogP contribution is -2.35. The summed E-state index contributed by atoms with van der Waals surface area (Å²) >= 11 is 0. The minimum Gasteiger partial charge on any atom is -0.379 e. The number of carbonyl (C=O) groups excluding carboxylic acids is 1.